The van der Waals surface area contributed by atoms with Crippen molar-refractivity contribution in [2.24, 2.45) is 11.8 Å². The van der Waals surface area contributed by atoms with Gasteiger partial charge in [0.15, 0.2) is 9.84 Å². The monoisotopic (exact) mass is 650 g/mol. The Balaban J connectivity index is 1.92. The van der Waals surface area contributed by atoms with Crippen LogP contribution in [0.3, 0.4) is 0 Å². The number of nitrogens with zero attached hydrogens (tertiary/aromatic N) is 1. The minimum atomic E-state index is -3.87. The van der Waals surface area contributed by atoms with Gasteiger partial charge in [-0.1, -0.05) is 49.6 Å². The molecule has 1 aromatic rings. The minimum Gasteiger partial charge on any atom is -0.390 e. The summed E-state index contributed by atoms with van der Waals surface area (Å²) >= 11 is 0. The highest BCUT2D eigenvalue weighted by molar-refractivity contribution is 7.92. The predicted octanol–water partition coefficient (Wildman–Crippen LogP) is 1.56. The van der Waals surface area contributed by atoms with Gasteiger partial charge in [0.2, 0.25) is 17.7 Å². The number of benzene rings is 1. The number of amides is 3. The molecule has 0 bridgehead atoms. The summed E-state index contributed by atoms with van der Waals surface area (Å²) in [5.41, 5.74) is 0.411. The van der Waals surface area contributed by atoms with Gasteiger partial charge in [0, 0.05) is 24.9 Å². The Labute approximate surface area is 268 Å². The first-order chi connectivity index (χ1) is 20.8. The molecule has 1 saturated heterocycles. The molecule has 254 valence electrons. The van der Waals surface area contributed by atoms with Crippen LogP contribution >= 0.6 is 0 Å². The van der Waals surface area contributed by atoms with Crippen molar-refractivity contribution in [2.75, 3.05) is 19.3 Å². The van der Waals surface area contributed by atoms with E-state index in [1.54, 1.807) is 0 Å². The van der Waals surface area contributed by atoms with E-state index in [1.807, 2.05) is 56.0 Å². The zero-order valence-electron chi connectivity index (χ0n) is 27.9. The normalized spacial score (nSPS) is 24.0. The molecule has 5 N–H and O–H groups in total. The highest BCUT2D eigenvalue weighted by Gasteiger charge is 2.46. The number of hydrogen-bond donors (Lipinski definition) is 5. The third kappa shape index (κ3) is 9.97. The lowest BCUT2D eigenvalue weighted by molar-refractivity contribution is -0.135. The molecule has 2 aliphatic rings. The van der Waals surface area contributed by atoms with Gasteiger partial charge in [-0.2, -0.15) is 0 Å². The van der Waals surface area contributed by atoms with Crippen LogP contribution < -0.4 is 16.0 Å². The molecule has 45 heavy (non-hydrogen) atoms. The number of piperidine rings is 1. The first-order valence-corrected chi connectivity index (χ1v) is 18.0. The maximum absolute atomic E-state index is 13.8. The summed E-state index contributed by atoms with van der Waals surface area (Å²) in [6.07, 6.45) is 3.75. The Bertz CT molecular complexity index is 1280. The fraction of sp³-hybridized carbons (Fsp3) is 0.727. The summed E-state index contributed by atoms with van der Waals surface area (Å²) in [5.74, 6) is -0.915. The molecule has 12 heteroatoms. The van der Waals surface area contributed by atoms with Crippen molar-refractivity contribution in [3.05, 3.63) is 35.9 Å². The van der Waals surface area contributed by atoms with E-state index in [9.17, 15) is 33.0 Å². The largest absolute Gasteiger partial charge is 0.390 e. The molecule has 7 atom stereocenters. The van der Waals surface area contributed by atoms with Crippen LogP contribution in [0.5, 0.6) is 0 Å². The highest BCUT2D eigenvalue weighted by Crippen LogP contribution is 2.39. The van der Waals surface area contributed by atoms with Crippen LogP contribution in [0.4, 0.5) is 0 Å². The zero-order chi connectivity index (χ0) is 33.7. The van der Waals surface area contributed by atoms with Gasteiger partial charge in [-0.05, 0) is 78.2 Å². The van der Waals surface area contributed by atoms with E-state index in [-0.39, 0.29) is 18.9 Å². The smallest absolute Gasteiger partial charge is 0.249 e. The number of sulfone groups is 1. The minimum absolute atomic E-state index is 0.0850. The number of hydrogen-bond acceptors (Lipinski definition) is 8. The topological polar surface area (TPSA) is 165 Å². The lowest BCUT2D eigenvalue weighted by Crippen LogP contribution is -2.64. The van der Waals surface area contributed by atoms with Crippen LogP contribution in [0.25, 0.3) is 0 Å². The fourth-order valence-corrected chi connectivity index (χ4v) is 7.04. The summed E-state index contributed by atoms with van der Waals surface area (Å²) in [6, 6.07) is 6.42. The van der Waals surface area contributed by atoms with Crippen molar-refractivity contribution in [1.29, 1.82) is 0 Å². The van der Waals surface area contributed by atoms with E-state index < -0.39 is 62.3 Å². The lowest BCUT2D eigenvalue weighted by Gasteiger charge is -2.47. The molecule has 1 aromatic carbocycles. The average Bonchev–Trinajstić information content (AvgIpc) is 2.93. The molecule has 0 spiro atoms. The Kier molecular flexibility index (Phi) is 12.2. The van der Waals surface area contributed by atoms with E-state index in [0.29, 0.717) is 24.8 Å². The van der Waals surface area contributed by atoms with Gasteiger partial charge in [0.1, 0.15) is 12.1 Å². The maximum atomic E-state index is 13.8. The zero-order valence-corrected chi connectivity index (χ0v) is 28.7. The lowest BCUT2D eigenvalue weighted by atomic mass is 9.72. The first kappa shape index (κ1) is 36.9. The van der Waals surface area contributed by atoms with Crippen LogP contribution in [0, 0.1) is 11.8 Å². The molecule has 1 unspecified atom stereocenters. The second-order valence-corrected chi connectivity index (χ2v) is 17.2. The molecule has 11 nitrogen and oxygen atoms in total. The van der Waals surface area contributed by atoms with Crippen LogP contribution in [-0.4, -0.2) is 101 Å². The van der Waals surface area contributed by atoms with E-state index in [1.165, 1.54) is 20.8 Å². The quantitative estimate of drug-likeness (QED) is 0.228. The number of rotatable bonds is 12. The van der Waals surface area contributed by atoms with E-state index in [4.69, 9.17) is 0 Å². The van der Waals surface area contributed by atoms with E-state index in [2.05, 4.69) is 16.0 Å². The van der Waals surface area contributed by atoms with Gasteiger partial charge >= 0.3 is 0 Å². The molecule has 1 saturated carbocycles. The van der Waals surface area contributed by atoms with E-state index >= 15 is 0 Å². The predicted molar refractivity (Wildman–Crippen MR) is 174 cm³/mol. The number of carbonyl (C=O) groups is 3. The molecule has 1 heterocycles. The van der Waals surface area contributed by atoms with Crippen molar-refractivity contribution in [3.8, 4) is 0 Å². The van der Waals surface area contributed by atoms with Crippen LogP contribution in [0.1, 0.15) is 79.2 Å². The Morgan fingerprint density at radius 2 is 1.56 bits per heavy atom. The van der Waals surface area contributed by atoms with Crippen molar-refractivity contribution >= 4 is 27.6 Å². The SMILES string of the molecule is C[C@H](O)C(=O)N[C@H](C(=O)N[C@@H](Cc1ccccc1)[C@H](O)CN1CC2CCCC[C@H]2C[C@H]1C(=O)NC(C)(C)C)C(C)(C)S(C)(=O)=O. The Morgan fingerprint density at radius 1 is 0.956 bits per heavy atom. The molecule has 0 aromatic heterocycles. The molecular weight excluding hydrogens is 596 g/mol. The second-order valence-electron chi connectivity index (χ2n) is 14.6. The van der Waals surface area contributed by atoms with Crippen molar-refractivity contribution in [2.45, 2.75) is 121 Å². The third-order valence-corrected chi connectivity index (χ3v) is 11.5. The molecule has 3 amide bonds. The van der Waals surface area contributed by atoms with Gasteiger partial charge in [-0.15, -0.1) is 0 Å². The Hall–Kier alpha value is -2.54. The van der Waals surface area contributed by atoms with Crippen molar-refractivity contribution in [1.82, 2.24) is 20.9 Å². The highest BCUT2D eigenvalue weighted by atomic mass is 32.2. The molecule has 0 radical (unpaired) electrons. The van der Waals surface area contributed by atoms with E-state index in [0.717, 1.165) is 37.5 Å². The van der Waals surface area contributed by atoms with Gasteiger partial charge in [-0.25, -0.2) is 8.42 Å². The number of aliphatic hydroxyl groups is 2. The van der Waals surface area contributed by atoms with Crippen molar-refractivity contribution in [3.63, 3.8) is 0 Å². The molecule has 1 aliphatic carbocycles. The number of likely N-dealkylation sites (tertiary alicyclic amines) is 1. The van der Waals surface area contributed by atoms with Crippen LogP contribution in [0.2, 0.25) is 0 Å². The number of nitrogens with one attached hydrogen (secondary N) is 3. The van der Waals surface area contributed by atoms with Gasteiger partial charge in [0.25, 0.3) is 0 Å². The molecular formula is C33H54N4O7S. The summed E-state index contributed by atoms with van der Waals surface area (Å²) in [7, 11) is -3.87. The van der Waals surface area contributed by atoms with Gasteiger partial charge in [-0.3, -0.25) is 19.3 Å². The first-order valence-electron chi connectivity index (χ1n) is 16.1. The number of aliphatic hydroxyl groups excluding tert-OH is 2. The maximum Gasteiger partial charge on any atom is 0.249 e. The van der Waals surface area contributed by atoms with Crippen LogP contribution in [-0.2, 0) is 30.6 Å². The molecule has 1 aliphatic heterocycles. The molecule has 3 rings (SSSR count). The fourth-order valence-electron chi connectivity index (χ4n) is 6.44. The van der Waals surface area contributed by atoms with Crippen molar-refractivity contribution < 1.29 is 33.0 Å². The number of fused-ring (bicyclic) bond motifs is 1. The average molecular weight is 651 g/mol. The number of carbonyl (C=O) groups excluding carboxylic acids is 3. The Morgan fingerprint density at radius 3 is 2.11 bits per heavy atom. The van der Waals surface area contributed by atoms with Gasteiger partial charge < -0.3 is 26.2 Å². The second kappa shape index (κ2) is 14.9. The summed E-state index contributed by atoms with van der Waals surface area (Å²) in [6.45, 7) is 10.5. The standard InChI is InChI=1S/C33H54N4O7S/c1-21(38)29(40)35-28(33(5,6)45(7,43)44)31(42)34-25(17-22-13-9-8-10-14-22)27(39)20-37-19-24-16-12-11-15-23(24)18-26(37)30(41)36-32(2,3)4/h8-10,13-14,21,23-28,38-39H,11-12,15-20H2,1-7H3,(H,34,42)(H,35,40)(H,36,41)/t21-,23-,24?,25-,26-,27+,28+/m0/s1. The molecule has 2 fully saturated rings. The third-order valence-electron chi connectivity index (χ3n) is 9.39. The summed E-state index contributed by atoms with van der Waals surface area (Å²) in [5, 5.41) is 30.0. The summed E-state index contributed by atoms with van der Waals surface area (Å²) < 4.78 is 23.8. The summed E-state index contributed by atoms with van der Waals surface area (Å²) in [4.78, 5) is 41.9. The van der Waals surface area contributed by atoms with Crippen LogP contribution in [0.15, 0.2) is 30.3 Å². The number of β-amino-alcohol motifs (C(OH)–C–C–N with tert-alkyl or cyclic N) is 1. The van der Waals surface area contributed by atoms with Gasteiger partial charge in [0.05, 0.1) is 22.9 Å².